The van der Waals surface area contributed by atoms with Gasteiger partial charge in [-0.25, -0.2) is 13.7 Å². The fourth-order valence-corrected chi connectivity index (χ4v) is 4.83. The third-order valence-corrected chi connectivity index (χ3v) is 6.42. The molecule has 1 heterocycles. The number of hydrogen-bond donors (Lipinski definition) is 4. The molecular formula is C7H12BN4O12P3. The molecule has 1 saturated heterocycles. The van der Waals surface area contributed by atoms with Crippen LogP contribution >= 0.6 is 23.5 Å². The van der Waals surface area contributed by atoms with Crippen molar-refractivity contribution in [1.29, 1.82) is 5.26 Å². The third kappa shape index (κ3) is 9.29. The zero-order chi connectivity index (χ0) is 20.9. The summed E-state index contributed by atoms with van der Waals surface area (Å²) in [6, 6.07) is 0.586. The smallest absolute Gasteiger partial charge is 0.380 e. The van der Waals surface area contributed by atoms with Crippen LogP contribution < -0.4 is 0 Å². The Morgan fingerprint density at radius 3 is 2.44 bits per heavy atom. The van der Waals surface area contributed by atoms with E-state index in [0.717, 1.165) is 0 Å². The van der Waals surface area contributed by atoms with Gasteiger partial charge in [0, 0.05) is 10.9 Å². The molecule has 1 aliphatic heterocycles. The maximum Gasteiger partial charge on any atom is 0.490 e. The Morgan fingerprint density at radius 1 is 1.30 bits per heavy atom. The van der Waals surface area contributed by atoms with Crippen molar-refractivity contribution in [2.45, 2.75) is 30.9 Å². The van der Waals surface area contributed by atoms with Gasteiger partial charge in [-0.1, -0.05) is 0 Å². The molecule has 0 saturated carbocycles. The average Bonchev–Trinajstić information content (AvgIpc) is 2.80. The Bertz CT molecular complexity index is 763. The highest BCUT2D eigenvalue weighted by Gasteiger charge is 2.42. The van der Waals surface area contributed by atoms with E-state index in [0.29, 0.717) is 0 Å². The number of nitriles is 1. The van der Waals surface area contributed by atoms with Crippen LogP contribution in [0.2, 0.25) is 0 Å². The van der Waals surface area contributed by atoms with E-state index in [1.807, 2.05) is 0 Å². The van der Waals surface area contributed by atoms with Gasteiger partial charge in [0.2, 0.25) is 6.23 Å². The molecule has 2 radical (unpaired) electrons. The van der Waals surface area contributed by atoms with E-state index >= 15 is 0 Å². The molecule has 0 spiro atoms. The summed E-state index contributed by atoms with van der Waals surface area (Å²) < 4.78 is 55.1. The molecule has 0 bridgehead atoms. The molecule has 1 fully saturated rings. The van der Waals surface area contributed by atoms with Crippen molar-refractivity contribution in [2.24, 2.45) is 5.11 Å². The van der Waals surface area contributed by atoms with Crippen molar-refractivity contribution in [3.63, 3.8) is 0 Å². The van der Waals surface area contributed by atoms with Gasteiger partial charge in [-0.05, 0) is 17.1 Å². The summed E-state index contributed by atoms with van der Waals surface area (Å²) in [7, 11) is -11.0. The first-order valence-corrected chi connectivity index (χ1v) is 11.1. The maximum atomic E-state index is 11.6. The minimum atomic E-state index is -5.66. The Labute approximate surface area is 152 Å². The highest BCUT2D eigenvalue weighted by Crippen LogP contribution is 2.66. The van der Waals surface area contributed by atoms with Crippen molar-refractivity contribution in [3.8, 4) is 6.07 Å². The van der Waals surface area contributed by atoms with Crippen LogP contribution in [0, 0.1) is 11.3 Å². The van der Waals surface area contributed by atoms with Crippen molar-refractivity contribution in [1.82, 2.24) is 0 Å². The minimum Gasteiger partial charge on any atom is -0.380 e. The molecule has 1 rings (SSSR count). The molecule has 3 unspecified atom stereocenters. The number of phosphoric ester groups is 1. The molecule has 0 aromatic carbocycles. The summed E-state index contributed by atoms with van der Waals surface area (Å²) >= 11 is 0. The largest absolute Gasteiger partial charge is 0.490 e. The Balaban J connectivity index is 2.71. The van der Waals surface area contributed by atoms with Gasteiger partial charge in [-0.3, -0.25) is 4.52 Å². The molecule has 0 amide bonds. The second-order valence-electron chi connectivity index (χ2n) is 4.70. The Hall–Kier alpha value is -0.805. The van der Waals surface area contributed by atoms with Crippen LogP contribution in [0.1, 0.15) is 6.42 Å². The summed E-state index contributed by atoms with van der Waals surface area (Å²) in [6.07, 6.45) is -3.79. The lowest BCUT2D eigenvalue weighted by atomic mass is 9.96. The molecular weight excluding hydrogens is 436 g/mol. The number of rotatable bonds is 10. The lowest BCUT2D eigenvalue weighted by Gasteiger charge is -2.21. The standard InChI is InChI=1S/C7H12BN4O12P3/c8-6-1-4(22-7(2-9)11-12-10)5(21-6)3-20-26(16,17)24-27(18,19)23-25(13,14)15/h4-7H,1,3H2,(H,16,17)(H,18,19)(H2,13,14,15)/t4-,5-,6-,7?/m1/s1. The highest BCUT2D eigenvalue weighted by molar-refractivity contribution is 7.66. The molecule has 0 aliphatic carbocycles. The number of azide groups is 1. The molecule has 4 N–H and O–H groups in total. The van der Waals surface area contributed by atoms with Crippen LogP contribution in [0.25, 0.3) is 10.4 Å². The highest BCUT2D eigenvalue weighted by atomic mass is 31.3. The number of phosphoric acid groups is 3. The predicted molar refractivity (Wildman–Crippen MR) is 82.3 cm³/mol. The van der Waals surface area contributed by atoms with Gasteiger partial charge >= 0.3 is 23.5 Å². The Morgan fingerprint density at radius 2 is 1.93 bits per heavy atom. The van der Waals surface area contributed by atoms with E-state index < -0.39 is 54.5 Å². The molecule has 0 aromatic heterocycles. The molecule has 16 nitrogen and oxygen atoms in total. The van der Waals surface area contributed by atoms with Crippen LogP contribution in [0.15, 0.2) is 5.11 Å². The van der Waals surface area contributed by atoms with Crippen molar-refractivity contribution >= 4 is 31.3 Å². The number of ether oxygens (including phenoxy) is 2. The van der Waals surface area contributed by atoms with Gasteiger partial charge < -0.3 is 29.0 Å². The van der Waals surface area contributed by atoms with E-state index in [2.05, 4.69) is 23.2 Å². The van der Waals surface area contributed by atoms with Crippen molar-refractivity contribution < 1.29 is 55.9 Å². The lowest BCUT2D eigenvalue weighted by molar-refractivity contribution is -0.0508. The second kappa shape index (κ2) is 9.60. The topological polar surface area (TPSA) is 251 Å². The van der Waals surface area contributed by atoms with Crippen LogP contribution in [-0.2, 0) is 36.3 Å². The van der Waals surface area contributed by atoms with Crippen molar-refractivity contribution in [3.05, 3.63) is 10.4 Å². The monoisotopic (exact) mass is 448 g/mol. The van der Waals surface area contributed by atoms with Crippen LogP contribution in [0.4, 0.5) is 0 Å². The van der Waals surface area contributed by atoms with Gasteiger partial charge in [0.15, 0.2) is 0 Å². The molecule has 27 heavy (non-hydrogen) atoms. The second-order valence-corrected chi connectivity index (χ2v) is 9.12. The van der Waals surface area contributed by atoms with E-state index in [4.69, 9.17) is 42.8 Å². The van der Waals surface area contributed by atoms with Gasteiger partial charge in [0.25, 0.3) is 0 Å². The first-order valence-electron chi connectivity index (χ1n) is 6.55. The fraction of sp³-hybridized carbons (Fsp3) is 0.857. The molecule has 20 heteroatoms. The summed E-state index contributed by atoms with van der Waals surface area (Å²) in [4.78, 5) is 37.6. The van der Waals surface area contributed by atoms with Crippen LogP contribution in [-0.4, -0.2) is 58.5 Å². The minimum absolute atomic E-state index is 0.0243. The molecule has 1 aliphatic rings. The van der Waals surface area contributed by atoms with Gasteiger partial charge in [-0.15, -0.1) is 0 Å². The molecule has 0 aromatic rings. The SMILES string of the molecule is [B][C@H]1C[C@@H](OC(C#N)N=[N+]=[N-])[C@@H](COP(=O)(O)OP(=O)(O)OP(=O)(O)O)O1. The summed E-state index contributed by atoms with van der Waals surface area (Å²) in [6.45, 7) is -0.823. The number of hydrogen-bond acceptors (Lipinski definition) is 10. The van der Waals surface area contributed by atoms with E-state index in [9.17, 15) is 18.6 Å². The summed E-state index contributed by atoms with van der Waals surface area (Å²) in [5.74, 6) is 0. The van der Waals surface area contributed by atoms with Gasteiger partial charge in [-0.2, -0.15) is 13.9 Å². The first-order chi connectivity index (χ1) is 12.3. The van der Waals surface area contributed by atoms with E-state index in [-0.39, 0.29) is 6.42 Å². The third-order valence-electron chi connectivity index (χ3n) is 2.62. The molecule has 150 valence electrons. The van der Waals surface area contributed by atoms with Gasteiger partial charge in [0.1, 0.15) is 20.0 Å². The van der Waals surface area contributed by atoms with E-state index in [1.54, 1.807) is 0 Å². The van der Waals surface area contributed by atoms with Gasteiger partial charge in [0.05, 0.1) is 12.7 Å². The fourth-order valence-electron chi connectivity index (χ4n) is 1.81. The summed E-state index contributed by atoms with van der Waals surface area (Å²) in [5, 5.41) is 11.8. The number of nitrogens with zero attached hydrogens (tertiary/aromatic N) is 4. The van der Waals surface area contributed by atoms with Crippen molar-refractivity contribution in [2.75, 3.05) is 6.61 Å². The quantitative estimate of drug-likeness (QED) is 0.114. The zero-order valence-electron chi connectivity index (χ0n) is 13.0. The average molecular weight is 448 g/mol. The lowest BCUT2D eigenvalue weighted by Crippen LogP contribution is -2.31. The normalized spacial score (nSPS) is 28.3. The van der Waals surface area contributed by atoms with Crippen LogP contribution in [0.3, 0.4) is 0 Å². The molecule has 6 atom stereocenters. The maximum absolute atomic E-state index is 11.6. The zero-order valence-corrected chi connectivity index (χ0v) is 15.7. The first kappa shape index (κ1) is 24.2. The van der Waals surface area contributed by atoms with E-state index in [1.165, 1.54) is 6.07 Å². The predicted octanol–water partition coefficient (Wildman–Crippen LogP) is 0.158. The Kier molecular flexibility index (Phi) is 8.62. The summed E-state index contributed by atoms with van der Waals surface area (Å²) in [5.41, 5.74) is 8.30. The van der Waals surface area contributed by atoms with Crippen LogP contribution in [0.5, 0.6) is 0 Å².